The van der Waals surface area contributed by atoms with Crippen LogP contribution in [0.2, 0.25) is 0 Å². The second-order valence-electron chi connectivity index (χ2n) is 13.9. The molecule has 2 aliphatic heterocycles. The molecule has 2 amide bonds. The molecule has 1 aliphatic carbocycles. The van der Waals surface area contributed by atoms with Crippen molar-refractivity contribution in [2.24, 2.45) is 5.92 Å². The molecular weight excluding hydrogens is 593 g/mol. The molecule has 0 unspecified atom stereocenters. The van der Waals surface area contributed by atoms with Gasteiger partial charge in [-0.1, -0.05) is 44.2 Å². The summed E-state index contributed by atoms with van der Waals surface area (Å²) in [6.45, 7) is 12.0. The third-order valence-electron chi connectivity index (χ3n) is 10.1. The number of amides is 2. The summed E-state index contributed by atoms with van der Waals surface area (Å²) >= 11 is 0. The van der Waals surface area contributed by atoms with Crippen molar-refractivity contribution in [3.05, 3.63) is 59.5 Å². The minimum atomic E-state index is -3.23. The van der Waals surface area contributed by atoms with E-state index in [4.69, 9.17) is 14.0 Å². The minimum absolute atomic E-state index is 0.0751. The van der Waals surface area contributed by atoms with Crippen molar-refractivity contribution in [2.45, 2.75) is 83.6 Å². The number of fused-ring (bicyclic) bond motifs is 3. The molecule has 1 N–H and O–H groups in total. The first-order valence-corrected chi connectivity index (χ1v) is 15.8. The summed E-state index contributed by atoms with van der Waals surface area (Å²) in [5.74, 6) is -2.98. The van der Waals surface area contributed by atoms with Gasteiger partial charge in [0.25, 0.3) is 5.92 Å². The first-order chi connectivity index (χ1) is 21.6. The molecule has 46 heavy (non-hydrogen) atoms. The molecule has 0 bridgehead atoms. The molecule has 3 aliphatic rings. The third-order valence-corrected chi connectivity index (χ3v) is 10.1. The van der Waals surface area contributed by atoms with Gasteiger partial charge in [-0.15, -0.1) is 0 Å². The topological polar surface area (TPSA) is 97.0 Å². The van der Waals surface area contributed by atoms with Crippen molar-refractivity contribution in [1.29, 1.82) is 0 Å². The summed E-state index contributed by atoms with van der Waals surface area (Å²) in [6, 6.07) is 9.02. The maximum Gasteiger partial charge on any atom is 0.494 e. The van der Waals surface area contributed by atoms with Crippen LogP contribution in [0.25, 0.3) is 22.4 Å². The highest BCUT2D eigenvalue weighted by atomic mass is 19.3. The van der Waals surface area contributed by atoms with Gasteiger partial charge in [-0.3, -0.25) is 9.69 Å². The van der Waals surface area contributed by atoms with E-state index in [9.17, 15) is 9.59 Å². The first kappa shape index (κ1) is 32.2. The second-order valence-corrected chi connectivity index (χ2v) is 13.9. The molecule has 0 saturated carbocycles. The number of imidazole rings is 1. The Bertz CT molecular complexity index is 1670. The number of hydrogen-bond acceptors (Lipinski definition) is 6. The van der Waals surface area contributed by atoms with E-state index in [1.165, 1.54) is 24.1 Å². The fraction of sp³-hybridized carbons (Fsp3) is 0.500. The molecule has 0 radical (unpaired) electrons. The van der Waals surface area contributed by atoms with Gasteiger partial charge in [0, 0.05) is 30.3 Å². The molecule has 2 saturated heterocycles. The van der Waals surface area contributed by atoms with E-state index in [1.807, 2.05) is 41.5 Å². The van der Waals surface area contributed by atoms with Gasteiger partial charge in [0.15, 0.2) is 0 Å². The van der Waals surface area contributed by atoms with Crippen LogP contribution in [0.1, 0.15) is 77.4 Å². The Hall–Kier alpha value is -3.77. The van der Waals surface area contributed by atoms with Gasteiger partial charge in [-0.2, -0.15) is 8.78 Å². The lowest BCUT2D eigenvalue weighted by Gasteiger charge is -2.34. The van der Waals surface area contributed by atoms with Gasteiger partial charge in [-0.25, -0.2) is 9.78 Å². The van der Waals surface area contributed by atoms with E-state index < -0.39 is 36.4 Å². The summed E-state index contributed by atoms with van der Waals surface area (Å²) < 4.78 is 49.3. The number of H-pyrrole nitrogens is 1. The van der Waals surface area contributed by atoms with E-state index in [-0.39, 0.29) is 29.0 Å². The van der Waals surface area contributed by atoms with E-state index in [1.54, 1.807) is 42.4 Å². The number of likely N-dealkylation sites (N-methyl/N-ethyl adjacent to an activating group) is 1. The van der Waals surface area contributed by atoms with Crippen LogP contribution in [-0.2, 0) is 24.8 Å². The number of nitrogens with one attached hydrogen (secondary N) is 1. The third kappa shape index (κ3) is 5.10. The molecule has 3 aromatic rings. The smallest absolute Gasteiger partial charge is 0.453 e. The van der Waals surface area contributed by atoms with Gasteiger partial charge < -0.3 is 23.9 Å². The number of carbonyl (C=O) groups excluding carboxylic acids is 2. The summed E-state index contributed by atoms with van der Waals surface area (Å²) in [6.07, 6.45) is 2.50. The van der Waals surface area contributed by atoms with Gasteiger partial charge in [0.05, 0.1) is 36.2 Å². The van der Waals surface area contributed by atoms with Gasteiger partial charge in [-0.05, 0) is 69.1 Å². The minimum Gasteiger partial charge on any atom is -0.453 e. The lowest BCUT2D eigenvalue weighted by atomic mass is 9.77. The highest BCUT2D eigenvalue weighted by Gasteiger charge is 2.53. The average molecular weight is 635 g/mol. The Morgan fingerprint density at radius 1 is 1.07 bits per heavy atom. The van der Waals surface area contributed by atoms with Crippen molar-refractivity contribution in [3.8, 4) is 22.4 Å². The van der Waals surface area contributed by atoms with Crippen LogP contribution < -0.4 is 5.46 Å². The van der Waals surface area contributed by atoms with Crippen LogP contribution in [0.5, 0.6) is 0 Å². The molecule has 0 spiro atoms. The summed E-state index contributed by atoms with van der Waals surface area (Å²) in [7, 11) is 2.11. The van der Waals surface area contributed by atoms with Gasteiger partial charge >= 0.3 is 13.2 Å². The molecule has 2 aromatic carbocycles. The number of likely N-dealkylation sites (tertiary alicyclic amines) is 1. The number of benzene rings is 2. The zero-order valence-electron chi connectivity index (χ0n) is 27.6. The normalized spacial score (nSPS) is 21.3. The lowest BCUT2D eigenvalue weighted by molar-refractivity contribution is -0.138. The largest absolute Gasteiger partial charge is 0.494 e. The Balaban J connectivity index is 1.25. The molecule has 12 heteroatoms. The number of carbonyl (C=O) groups is 2. The fourth-order valence-corrected chi connectivity index (χ4v) is 6.83. The number of aromatic amines is 1. The Morgan fingerprint density at radius 3 is 2.33 bits per heavy atom. The average Bonchev–Trinajstić information content (AvgIpc) is 3.76. The van der Waals surface area contributed by atoms with Crippen molar-refractivity contribution in [3.63, 3.8) is 0 Å². The summed E-state index contributed by atoms with van der Waals surface area (Å²) in [5.41, 5.74) is 1.33. The van der Waals surface area contributed by atoms with Crippen LogP contribution in [0, 0.1) is 5.92 Å². The van der Waals surface area contributed by atoms with E-state index in [0.717, 1.165) is 6.42 Å². The number of hydrogen-bond donors (Lipinski definition) is 1. The van der Waals surface area contributed by atoms with Crippen molar-refractivity contribution < 1.29 is 32.4 Å². The Kier molecular flexibility index (Phi) is 7.83. The molecule has 244 valence electrons. The van der Waals surface area contributed by atoms with Crippen LogP contribution in [0.4, 0.5) is 13.6 Å². The zero-order chi connectivity index (χ0) is 33.3. The Labute approximate surface area is 268 Å². The molecule has 2 fully saturated rings. The van der Waals surface area contributed by atoms with Gasteiger partial charge in [0.1, 0.15) is 11.9 Å². The summed E-state index contributed by atoms with van der Waals surface area (Å²) in [5, 5.41) is 0. The van der Waals surface area contributed by atoms with Gasteiger partial charge in [0.2, 0.25) is 5.91 Å². The molecule has 3 heterocycles. The molecule has 6 rings (SSSR count). The van der Waals surface area contributed by atoms with Crippen molar-refractivity contribution >= 4 is 24.6 Å². The van der Waals surface area contributed by atoms with Crippen LogP contribution in [0.3, 0.4) is 0 Å². The monoisotopic (exact) mass is 634 g/mol. The molecular formula is C34H41BF2N4O5. The number of methoxy groups -OCH3 is 1. The SMILES string of the molecule is COC(=O)N(C)[C@H](C(=O)N1CCC[C@H]1c1ncc(-c2ccc3c(c2)C(F)(F)c2cc(B4OC(C)(C)C(C)(C)O4)ccc2-3)[nH]1)C(C)C. The standard InChI is InChI=1S/C34H41BF2N4O5/c1-19(2)28(40(7)31(43)44-8)30(42)41-15-9-10-27(41)29-38-18-26(39-29)20-11-13-22-23-14-12-21(17-25(23)34(36,37)24(22)16-20)35-45-32(3,4)33(5,6)46-35/h11-14,16-19,27-28H,9-10,15H2,1-8H3,(H,38,39)/t27-,28-/m0/s1. The number of halogens is 2. The number of rotatable bonds is 6. The van der Waals surface area contributed by atoms with Crippen LogP contribution >= 0.6 is 0 Å². The first-order valence-electron chi connectivity index (χ1n) is 15.8. The van der Waals surface area contributed by atoms with E-state index >= 15 is 8.78 Å². The van der Waals surface area contributed by atoms with Crippen molar-refractivity contribution in [1.82, 2.24) is 19.8 Å². The molecule has 9 nitrogen and oxygen atoms in total. The number of alkyl halides is 2. The molecule has 1 aromatic heterocycles. The fourth-order valence-electron chi connectivity index (χ4n) is 6.83. The highest BCUT2D eigenvalue weighted by molar-refractivity contribution is 6.62. The van der Waals surface area contributed by atoms with Crippen LogP contribution in [-0.4, -0.2) is 76.8 Å². The predicted octanol–water partition coefficient (Wildman–Crippen LogP) is 5.88. The maximum absolute atomic E-state index is 16.1. The quantitative estimate of drug-likeness (QED) is 0.340. The lowest BCUT2D eigenvalue weighted by Crippen LogP contribution is -2.51. The van der Waals surface area contributed by atoms with E-state index in [2.05, 4.69) is 9.97 Å². The number of aromatic nitrogens is 2. The summed E-state index contributed by atoms with van der Waals surface area (Å²) in [4.78, 5) is 36.9. The maximum atomic E-state index is 16.1. The van der Waals surface area contributed by atoms with Crippen molar-refractivity contribution in [2.75, 3.05) is 20.7 Å². The number of ether oxygens (including phenoxy) is 1. The highest BCUT2D eigenvalue weighted by Crippen LogP contribution is 2.52. The zero-order valence-corrected chi connectivity index (χ0v) is 27.6. The van der Waals surface area contributed by atoms with E-state index in [0.29, 0.717) is 46.6 Å². The Morgan fingerprint density at radius 2 is 1.70 bits per heavy atom. The predicted molar refractivity (Wildman–Crippen MR) is 171 cm³/mol. The second kappa shape index (κ2) is 11.2. The molecule has 2 atom stereocenters. The van der Waals surface area contributed by atoms with Crippen LogP contribution in [0.15, 0.2) is 42.6 Å². The number of nitrogens with zero attached hydrogens (tertiary/aromatic N) is 3.